The maximum Gasteiger partial charge on any atom is 0.128 e. The first-order valence-electron chi connectivity index (χ1n) is 5.31. The molecule has 16 heavy (non-hydrogen) atoms. The molecule has 1 aromatic heterocycles. The quantitative estimate of drug-likeness (QED) is 0.755. The van der Waals surface area contributed by atoms with Gasteiger partial charge >= 0.3 is 0 Å². The number of epoxide rings is 1. The highest BCUT2D eigenvalue weighted by molar-refractivity contribution is 7.13. The number of ether oxygens (including phenoxy) is 2. The molecule has 2 heterocycles. The second-order valence-electron chi connectivity index (χ2n) is 3.74. The molecule has 0 aliphatic carbocycles. The summed E-state index contributed by atoms with van der Waals surface area (Å²) >= 11 is 1.73. The van der Waals surface area contributed by atoms with E-state index in [4.69, 9.17) is 9.47 Å². The van der Waals surface area contributed by atoms with Gasteiger partial charge in [0, 0.05) is 10.4 Å². The summed E-state index contributed by atoms with van der Waals surface area (Å²) in [4.78, 5) is 1.24. The molecule has 82 valence electrons. The van der Waals surface area contributed by atoms with E-state index in [9.17, 15) is 0 Å². The van der Waals surface area contributed by atoms with Crippen LogP contribution >= 0.6 is 11.3 Å². The second kappa shape index (κ2) is 4.28. The third-order valence-corrected chi connectivity index (χ3v) is 3.40. The van der Waals surface area contributed by atoms with Crippen molar-refractivity contribution in [3.63, 3.8) is 0 Å². The summed E-state index contributed by atoms with van der Waals surface area (Å²) in [6, 6.07) is 12.3. The molecule has 3 rings (SSSR count). The number of hydrogen-bond acceptors (Lipinski definition) is 3. The van der Waals surface area contributed by atoms with Crippen LogP contribution in [0.3, 0.4) is 0 Å². The van der Waals surface area contributed by atoms with Crippen LogP contribution in [0.15, 0.2) is 41.8 Å². The Balaban J connectivity index is 1.85. The van der Waals surface area contributed by atoms with Gasteiger partial charge in [-0.1, -0.05) is 18.2 Å². The third-order valence-electron chi connectivity index (χ3n) is 2.50. The van der Waals surface area contributed by atoms with E-state index >= 15 is 0 Å². The minimum Gasteiger partial charge on any atom is -0.490 e. The van der Waals surface area contributed by atoms with Gasteiger partial charge in [0.2, 0.25) is 0 Å². The van der Waals surface area contributed by atoms with Crippen LogP contribution in [0.1, 0.15) is 0 Å². The molecule has 3 heteroatoms. The third kappa shape index (κ3) is 2.10. The Morgan fingerprint density at radius 1 is 1.25 bits per heavy atom. The molecule has 1 atom stereocenters. The van der Waals surface area contributed by atoms with E-state index in [2.05, 4.69) is 23.6 Å². The Labute approximate surface area is 98.4 Å². The summed E-state index contributed by atoms with van der Waals surface area (Å²) in [6.45, 7) is 1.49. The van der Waals surface area contributed by atoms with Gasteiger partial charge in [0.15, 0.2) is 0 Å². The van der Waals surface area contributed by atoms with Gasteiger partial charge in [-0.05, 0) is 23.6 Å². The van der Waals surface area contributed by atoms with Gasteiger partial charge in [-0.2, -0.15) is 0 Å². The molecule has 2 aromatic rings. The fourth-order valence-corrected chi connectivity index (χ4v) is 2.33. The van der Waals surface area contributed by atoms with Crippen molar-refractivity contribution in [1.82, 2.24) is 0 Å². The van der Waals surface area contributed by atoms with Crippen LogP contribution in [0.25, 0.3) is 10.4 Å². The number of thiophene rings is 1. The van der Waals surface area contributed by atoms with Crippen LogP contribution in [-0.2, 0) is 4.74 Å². The molecule has 2 nitrogen and oxygen atoms in total. The molecule has 0 spiro atoms. The van der Waals surface area contributed by atoms with Gasteiger partial charge < -0.3 is 9.47 Å². The van der Waals surface area contributed by atoms with E-state index in [1.165, 1.54) is 4.88 Å². The van der Waals surface area contributed by atoms with Crippen molar-refractivity contribution in [2.24, 2.45) is 0 Å². The molecule has 0 unspecified atom stereocenters. The smallest absolute Gasteiger partial charge is 0.128 e. The molecule has 1 aliphatic rings. The van der Waals surface area contributed by atoms with Gasteiger partial charge in [0.05, 0.1) is 6.61 Å². The highest BCUT2D eigenvalue weighted by atomic mass is 32.1. The Hall–Kier alpha value is -1.32. The van der Waals surface area contributed by atoms with Gasteiger partial charge in [-0.3, -0.25) is 0 Å². The van der Waals surface area contributed by atoms with E-state index in [-0.39, 0.29) is 0 Å². The summed E-state index contributed by atoms with van der Waals surface area (Å²) in [5.41, 5.74) is 1.16. The van der Waals surface area contributed by atoms with Crippen LogP contribution in [-0.4, -0.2) is 19.3 Å². The van der Waals surface area contributed by atoms with Crippen LogP contribution < -0.4 is 4.74 Å². The van der Waals surface area contributed by atoms with Gasteiger partial charge in [0.25, 0.3) is 0 Å². The predicted molar refractivity (Wildman–Crippen MR) is 65.0 cm³/mol. The maximum absolute atomic E-state index is 5.77. The summed E-state index contributed by atoms with van der Waals surface area (Å²) in [5, 5.41) is 2.08. The molecular weight excluding hydrogens is 220 g/mol. The molecule has 1 fully saturated rings. The summed E-state index contributed by atoms with van der Waals surface area (Å²) < 4.78 is 10.9. The number of para-hydroxylation sites is 1. The monoisotopic (exact) mass is 232 g/mol. The topological polar surface area (TPSA) is 21.8 Å². The first-order valence-corrected chi connectivity index (χ1v) is 6.19. The van der Waals surface area contributed by atoms with Crippen molar-refractivity contribution in [1.29, 1.82) is 0 Å². The molecule has 1 saturated heterocycles. The molecule has 0 amide bonds. The molecule has 1 aliphatic heterocycles. The highest BCUT2D eigenvalue weighted by Crippen LogP contribution is 2.33. The first kappa shape index (κ1) is 9.87. The van der Waals surface area contributed by atoms with Crippen molar-refractivity contribution in [2.45, 2.75) is 6.10 Å². The zero-order chi connectivity index (χ0) is 10.8. The Morgan fingerprint density at radius 3 is 2.88 bits per heavy atom. The number of benzene rings is 1. The maximum atomic E-state index is 5.77. The number of hydrogen-bond donors (Lipinski definition) is 0. The van der Waals surface area contributed by atoms with Gasteiger partial charge in [-0.15, -0.1) is 11.3 Å². The van der Waals surface area contributed by atoms with Gasteiger partial charge in [0.1, 0.15) is 18.5 Å². The van der Waals surface area contributed by atoms with Crippen molar-refractivity contribution >= 4 is 11.3 Å². The normalized spacial score (nSPS) is 18.4. The number of rotatable bonds is 4. The van der Waals surface area contributed by atoms with Gasteiger partial charge in [-0.25, -0.2) is 0 Å². The minimum absolute atomic E-state index is 0.302. The van der Waals surface area contributed by atoms with Crippen LogP contribution in [0.4, 0.5) is 0 Å². The van der Waals surface area contributed by atoms with Crippen LogP contribution in [0.2, 0.25) is 0 Å². The molecule has 0 radical (unpaired) electrons. The zero-order valence-corrected chi connectivity index (χ0v) is 9.57. The highest BCUT2D eigenvalue weighted by Gasteiger charge is 2.23. The summed E-state index contributed by atoms with van der Waals surface area (Å²) in [5.74, 6) is 0.945. The average molecular weight is 232 g/mol. The molecule has 0 bridgehead atoms. The Kier molecular flexibility index (Phi) is 2.64. The molecular formula is C13H12O2S. The standard InChI is InChI=1S/C13H12O2S/c1-2-5-12(15-9-10-8-14-10)11(4-1)13-6-3-7-16-13/h1-7,10H,8-9H2/t10-/m0/s1. The Bertz CT molecular complexity index is 461. The van der Waals surface area contributed by atoms with Crippen LogP contribution in [0.5, 0.6) is 5.75 Å². The fraction of sp³-hybridized carbons (Fsp3) is 0.231. The lowest BCUT2D eigenvalue weighted by atomic mass is 10.1. The molecule has 1 aromatic carbocycles. The SMILES string of the molecule is c1csc(-c2ccccc2OC[C@@H]2CO2)c1. The van der Waals surface area contributed by atoms with Crippen molar-refractivity contribution in [2.75, 3.05) is 13.2 Å². The molecule has 0 N–H and O–H groups in total. The van der Waals surface area contributed by atoms with Crippen molar-refractivity contribution < 1.29 is 9.47 Å². The Morgan fingerprint density at radius 2 is 2.12 bits per heavy atom. The lowest BCUT2D eigenvalue weighted by Crippen LogP contribution is -2.04. The van der Waals surface area contributed by atoms with Crippen molar-refractivity contribution in [3.05, 3.63) is 41.8 Å². The van der Waals surface area contributed by atoms with E-state index in [1.807, 2.05) is 18.2 Å². The van der Waals surface area contributed by atoms with E-state index < -0.39 is 0 Å². The predicted octanol–water partition coefficient (Wildman–Crippen LogP) is 3.19. The fourth-order valence-electron chi connectivity index (χ4n) is 1.57. The minimum atomic E-state index is 0.302. The van der Waals surface area contributed by atoms with E-state index in [0.717, 1.165) is 17.9 Å². The molecule has 0 saturated carbocycles. The largest absolute Gasteiger partial charge is 0.490 e. The summed E-state index contributed by atoms with van der Waals surface area (Å²) in [6.07, 6.45) is 0.302. The first-order chi connectivity index (χ1) is 7.93. The van der Waals surface area contributed by atoms with E-state index in [1.54, 1.807) is 11.3 Å². The summed E-state index contributed by atoms with van der Waals surface area (Å²) in [7, 11) is 0. The van der Waals surface area contributed by atoms with Crippen LogP contribution in [0, 0.1) is 0 Å². The lowest BCUT2D eigenvalue weighted by Gasteiger charge is -2.08. The average Bonchev–Trinajstić information content (AvgIpc) is 3.00. The van der Waals surface area contributed by atoms with E-state index in [0.29, 0.717) is 12.7 Å². The second-order valence-corrected chi connectivity index (χ2v) is 4.69. The van der Waals surface area contributed by atoms with Crippen molar-refractivity contribution in [3.8, 4) is 16.2 Å². The lowest BCUT2D eigenvalue weighted by molar-refractivity contribution is 0.264. The zero-order valence-electron chi connectivity index (χ0n) is 8.76.